The minimum Gasteiger partial charge on any atom is -0.438 e. The number of hydrogen-bond donors (Lipinski definition) is 0. The molecule has 0 bridgehead atoms. The molecule has 6 unspecified atom stereocenters. The first-order valence-corrected chi connectivity index (χ1v) is 30.1. The molecule has 0 spiro atoms. The van der Waals surface area contributed by atoms with E-state index in [1.165, 1.54) is 89.6 Å². The van der Waals surface area contributed by atoms with E-state index < -0.39 is 23.8 Å². The highest BCUT2D eigenvalue weighted by Gasteiger charge is 2.53. The lowest BCUT2D eigenvalue weighted by Gasteiger charge is -2.44. The van der Waals surface area contributed by atoms with Crippen molar-refractivity contribution in [1.82, 2.24) is 19.6 Å². The van der Waals surface area contributed by atoms with E-state index in [1.54, 1.807) is 36.0 Å². The summed E-state index contributed by atoms with van der Waals surface area (Å²) >= 11 is 1.76. The lowest BCUT2D eigenvalue weighted by atomic mass is 9.73. The molecule has 75 heavy (non-hydrogen) atoms. The minimum atomic E-state index is -0.884. The van der Waals surface area contributed by atoms with E-state index in [-0.39, 0.29) is 35.8 Å². The Morgan fingerprint density at radius 3 is 1.31 bits per heavy atom. The summed E-state index contributed by atoms with van der Waals surface area (Å²) in [6.07, 6.45) is 30.4. The predicted octanol–water partition coefficient (Wildman–Crippen LogP) is 13.9. The molecule has 8 rings (SSSR count). The third-order valence-corrected chi connectivity index (χ3v) is 18.6. The smallest absolute Gasteiger partial charge is 0.438 e. The van der Waals surface area contributed by atoms with E-state index in [0.29, 0.717) is 48.6 Å². The van der Waals surface area contributed by atoms with Crippen molar-refractivity contribution in [3.8, 4) is 0 Å². The van der Waals surface area contributed by atoms with E-state index in [1.807, 2.05) is 36.9 Å². The lowest BCUT2D eigenvalue weighted by Crippen LogP contribution is -2.53. The number of halogens is 2. The van der Waals surface area contributed by atoms with Crippen LogP contribution in [0.4, 0.5) is 18.4 Å². The zero-order valence-corrected chi connectivity index (χ0v) is 47.6. The van der Waals surface area contributed by atoms with Gasteiger partial charge >= 0.3 is 12.3 Å². The van der Waals surface area contributed by atoms with E-state index in [9.17, 15) is 18.4 Å². The molecule has 0 amide bonds. The second-order valence-electron chi connectivity index (χ2n) is 23.2. The summed E-state index contributed by atoms with van der Waals surface area (Å²) in [6.45, 7) is 2.13. The third kappa shape index (κ3) is 15.0. The van der Waals surface area contributed by atoms with Crippen LogP contribution in [0, 0.1) is 35.3 Å². The highest BCUT2D eigenvalue weighted by molar-refractivity contribution is 7.98. The Morgan fingerprint density at radius 2 is 0.973 bits per heavy atom. The molecule has 0 N–H and O–H groups in total. The van der Waals surface area contributed by atoms with Crippen molar-refractivity contribution in [2.45, 2.75) is 202 Å². The minimum absolute atomic E-state index is 0.0418. The maximum atomic E-state index is 13.6. The molecule has 2 aliphatic heterocycles. The topological polar surface area (TPSA) is 109 Å². The molecule has 4 saturated carbocycles. The highest BCUT2D eigenvalue weighted by atomic mass is 32.2. The maximum absolute atomic E-state index is 13.6. The van der Waals surface area contributed by atoms with Crippen molar-refractivity contribution in [2.75, 3.05) is 54.4 Å². The Labute approximate surface area is 453 Å². The van der Waals surface area contributed by atoms with E-state index in [2.05, 4.69) is 61.0 Å². The Bertz CT molecular complexity index is 2110. The molecule has 418 valence electrons. The van der Waals surface area contributed by atoms with Crippen molar-refractivity contribution in [2.24, 2.45) is 33.7 Å². The molecule has 15 heteroatoms. The van der Waals surface area contributed by atoms with Crippen molar-refractivity contribution < 1.29 is 37.3 Å². The van der Waals surface area contributed by atoms with Gasteiger partial charge in [0.05, 0.1) is 39.0 Å². The van der Waals surface area contributed by atoms with Crippen molar-refractivity contribution in [3.63, 3.8) is 0 Å². The van der Waals surface area contributed by atoms with Crippen LogP contribution in [-0.2, 0) is 18.9 Å². The normalized spacial score (nSPS) is 29.2. The average molecular weight is 1060 g/mol. The fourth-order valence-electron chi connectivity index (χ4n) is 14.3. The Morgan fingerprint density at radius 1 is 0.600 bits per heavy atom. The number of methoxy groups -OCH3 is 2. The summed E-state index contributed by atoms with van der Waals surface area (Å²) in [5.74, 6) is 2.69. The van der Waals surface area contributed by atoms with Crippen LogP contribution in [0.1, 0.15) is 178 Å². The summed E-state index contributed by atoms with van der Waals surface area (Å²) in [5.41, 5.74) is 0.632. The summed E-state index contributed by atoms with van der Waals surface area (Å²) in [4.78, 5) is 44.1. The van der Waals surface area contributed by atoms with Gasteiger partial charge < -0.3 is 38.5 Å². The molecular weight excluding hydrogens is 971 g/mol. The number of carbonyl (C=O) groups is 2. The zero-order valence-electron chi connectivity index (χ0n) is 46.8. The Balaban J connectivity index is 0.000000219. The van der Waals surface area contributed by atoms with Crippen LogP contribution in [0.2, 0.25) is 0 Å². The molecule has 0 saturated heterocycles. The quantitative estimate of drug-likeness (QED) is 0.125. The lowest BCUT2D eigenvalue weighted by molar-refractivity contribution is -0.0687. The van der Waals surface area contributed by atoms with Gasteiger partial charge in [-0.15, -0.1) is 0 Å². The fraction of sp³-hybridized carbons (Fsp3) is 0.733. The fourth-order valence-corrected chi connectivity index (χ4v) is 14.8. The molecular formula is C60H92F2N6O6S. The van der Waals surface area contributed by atoms with Gasteiger partial charge in [-0.2, -0.15) is 11.8 Å². The van der Waals surface area contributed by atoms with Gasteiger partial charge in [-0.3, -0.25) is 0 Å². The number of aliphatic imine (C=N–C) groups is 2. The second kappa shape index (κ2) is 28.1. The first-order chi connectivity index (χ1) is 36.2. The van der Waals surface area contributed by atoms with Crippen LogP contribution >= 0.6 is 11.8 Å². The Kier molecular flexibility index (Phi) is 22.0. The first-order valence-electron chi connectivity index (χ1n) is 28.8. The van der Waals surface area contributed by atoms with Gasteiger partial charge in [0.15, 0.2) is 0 Å². The summed E-state index contributed by atoms with van der Waals surface area (Å²) < 4.78 is 49.0. The average Bonchev–Trinajstić information content (AvgIpc) is 3.95. The van der Waals surface area contributed by atoms with Crippen LogP contribution in [0.3, 0.4) is 0 Å². The molecule has 2 aromatic carbocycles. The van der Waals surface area contributed by atoms with E-state index >= 15 is 0 Å². The largest absolute Gasteiger partial charge is 0.510 e. The van der Waals surface area contributed by atoms with Crippen molar-refractivity contribution in [1.29, 1.82) is 0 Å². The number of carbonyl (C=O) groups excluding carboxylic acids is 2. The van der Waals surface area contributed by atoms with Crippen molar-refractivity contribution >= 4 is 36.7 Å². The monoisotopic (exact) mass is 1060 g/mol. The summed E-state index contributed by atoms with van der Waals surface area (Å²) in [6, 6.07) is 15.7. The van der Waals surface area contributed by atoms with Crippen LogP contribution in [0.15, 0.2) is 58.5 Å². The SMILES string of the molecule is CCCC1(OC(=O)OC)N=CN(C2CCCCC2)C1CC1CCC(C(c2ccc(F)cc2)N(C)C)CC1.COC(=O)OC1(CCSC)N=CN(C2CCCCC2)C1CC1CCC(C(c2ccc(F)cc2)N(C)C)CC1. The van der Waals surface area contributed by atoms with Crippen LogP contribution in [0.5, 0.6) is 0 Å². The third-order valence-electron chi connectivity index (χ3n) is 18.0. The number of nitrogens with zero attached hydrogens (tertiary/aromatic N) is 6. The van der Waals surface area contributed by atoms with E-state index in [0.717, 1.165) is 76.4 Å². The molecule has 0 radical (unpaired) electrons. The molecule has 4 fully saturated rings. The molecule has 12 nitrogen and oxygen atoms in total. The maximum Gasteiger partial charge on any atom is 0.510 e. The van der Waals surface area contributed by atoms with Crippen molar-refractivity contribution in [3.05, 3.63) is 71.3 Å². The number of hydrogen-bond acceptors (Lipinski definition) is 13. The van der Waals surface area contributed by atoms with Crippen LogP contribution in [0.25, 0.3) is 0 Å². The molecule has 2 aromatic rings. The van der Waals surface area contributed by atoms with Gasteiger partial charge in [0.1, 0.15) is 11.6 Å². The predicted molar refractivity (Wildman–Crippen MR) is 298 cm³/mol. The summed E-state index contributed by atoms with van der Waals surface area (Å²) in [7, 11) is 11.3. The molecule has 2 heterocycles. The summed E-state index contributed by atoms with van der Waals surface area (Å²) in [5, 5.41) is 0. The first kappa shape index (κ1) is 58.7. The highest BCUT2D eigenvalue weighted by Crippen LogP contribution is 2.47. The van der Waals surface area contributed by atoms with Gasteiger partial charge in [-0.1, -0.05) is 102 Å². The molecule has 6 aliphatic rings. The molecule has 4 aliphatic carbocycles. The van der Waals surface area contributed by atoms with Crippen LogP contribution < -0.4 is 0 Å². The zero-order chi connectivity index (χ0) is 53.5. The van der Waals surface area contributed by atoms with Gasteiger partial charge in [-0.25, -0.2) is 28.4 Å². The van der Waals surface area contributed by atoms with Gasteiger partial charge in [0, 0.05) is 37.0 Å². The number of thioether (sulfide) groups is 1. The standard InChI is InChI=1S/C30H46FN3O3S.C30H46FN3O3/c1-33(2)28(24-14-16-25(31)17-15-24)23-12-10-22(11-13-23)20-27-30(18-19-38-4,37-29(35)36-3)32-21-34(27)26-8-6-5-7-9-26;1-5-19-30(37-29(35)36-4)27(34(21-32-30)26-9-7-6-8-10-26)20-22-11-13-23(14-12-22)28(33(2)3)24-15-17-25(31)18-16-24/h14-17,21-23,26-28H,5-13,18-20H2,1-4H3;15-18,21-23,26-28H,5-14,19-20H2,1-4H3. The number of rotatable bonds is 19. The van der Waals surface area contributed by atoms with Gasteiger partial charge in [0.25, 0.3) is 0 Å². The van der Waals surface area contributed by atoms with Gasteiger partial charge in [-0.05, 0) is 163 Å². The number of ether oxygens (including phenoxy) is 4. The van der Waals surface area contributed by atoms with E-state index in [4.69, 9.17) is 28.9 Å². The second-order valence-corrected chi connectivity index (χ2v) is 24.2. The van der Waals surface area contributed by atoms with Gasteiger partial charge in [0.2, 0.25) is 11.4 Å². The number of benzene rings is 2. The molecule has 0 aromatic heterocycles. The molecule has 6 atom stereocenters. The van der Waals surface area contributed by atoms with Crippen LogP contribution in [-0.4, -0.2) is 135 Å². The Hall–Kier alpha value is -3.95.